The lowest BCUT2D eigenvalue weighted by molar-refractivity contribution is -0.134. The third-order valence-electron chi connectivity index (χ3n) is 7.28. The van der Waals surface area contributed by atoms with Crippen LogP contribution in [0.3, 0.4) is 0 Å². The van der Waals surface area contributed by atoms with Crippen molar-refractivity contribution in [1.82, 2.24) is 14.0 Å². The molecule has 4 aromatic rings. The van der Waals surface area contributed by atoms with Gasteiger partial charge in [-0.2, -0.15) is 0 Å². The number of aromatic carboxylic acids is 1. The van der Waals surface area contributed by atoms with Crippen molar-refractivity contribution < 1.29 is 23.8 Å². The summed E-state index contributed by atoms with van der Waals surface area (Å²) in [5.41, 5.74) is -0.464. The van der Waals surface area contributed by atoms with E-state index in [1.54, 1.807) is 37.3 Å². The quantitative estimate of drug-likeness (QED) is 0.280. The van der Waals surface area contributed by atoms with Crippen molar-refractivity contribution in [1.29, 1.82) is 0 Å². The van der Waals surface area contributed by atoms with Crippen LogP contribution in [0.4, 0.5) is 10.1 Å². The molecule has 2 atom stereocenters. The van der Waals surface area contributed by atoms with Gasteiger partial charge in [-0.15, -0.1) is 0 Å². The van der Waals surface area contributed by atoms with Gasteiger partial charge in [-0.3, -0.25) is 18.7 Å². The highest BCUT2D eigenvalue weighted by Crippen LogP contribution is 2.36. The zero-order valence-corrected chi connectivity index (χ0v) is 25.0. The third kappa shape index (κ3) is 5.17. The van der Waals surface area contributed by atoms with Crippen molar-refractivity contribution in [3.8, 4) is 11.4 Å². The van der Waals surface area contributed by atoms with Gasteiger partial charge in [0.1, 0.15) is 17.7 Å². The molecule has 1 aromatic heterocycles. The Morgan fingerprint density at radius 3 is 2.43 bits per heavy atom. The van der Waals surface area contributed by atoms with Gasteiger partial charge in [0.15, 0.2) is 0 Å². The highest BCUT2D eigenvalue weighted by Gasteiger charge is 2.41. The minimum atomic E-state index is -1.21. The number of likely N-dealkylation sites (N-methyl/N-ethyl adjacent to an activating group) is 1. The molecule has 2 N–H and O–H groups in total. The second-order valence-corrected chi connectivity index (χ2v) is 11.1. The lowest BCUT2D eigenvalue weighted by Gasteiger charge is -2.39. The number of amides is 1. The fraction of sp³-hybridized carbons (Fsp3) is 0.200. The number of nitrogens with one attached hydrogen (secondary N) is 1. The van der Waals surface area contributed by atoms with Gasteiger partial charge in [0.25, 0.3) is 5.56 Å². The summed E-state index contributed by atoms with van der Waals surface area (Å²) in [6.07, 6.45) is -1.14. The highest BCUT2D eigenvalue weighted by molar-refractivity contribution is 14.1. The summed E-state index contributed by atoms with van der Waals surface area (Å²) >= 11 is 1.98. The molecule has 0 bridgehead atoms. The molecule has 1 aliphatic heterocycles. The number of halogens is 2. The van der Waals surface area contributed by atoms with E-state index in [1.807, 2.05) is 22.6 Å². The predicted octanol–water partition coefficient (Wildman–Crippen LogP) is 4.18. The van der Waals surface area contributed by atoms with Crippen LogP contribution in [0, 0.1) is 9.39 Å². The standard InChI is InChI=1S/C30H26FIN4O6/c1-16-25-24(26(34(2)27(16)37)33-23-12-9-19(32)14-22(23)31)28(38)35(15-17-7-10-21(42-3)11-8-17)30(41)36(25)20-6-4-5-18(13-20)29(39)40/h4-14,16,26,33H,15H2,1-3H3,(H,39,40). The topological polar surface area (TPSA) is 123 Å². The van der Waals surface area contributed by atoms with Gasteiger partial charge in [-0.05, 0) is 83.6 Å². The zero-order chi connectivity index (χ0) is 30.3. The van der Waals surface area contributed by atoms with Gasteiger partial charge in [0.05, 0.1) is 47.8 Å². The Balaban J connectivity index is 1.81. The van der Waals surface area contributed by atoms with Gasteiger partial charge >= 0.3 is 11.7 Å². The van der Waals surface area contributed by atoms with E-state index in [1.165, 1.54) is 60.0 Å². The third-order valence-corrected chi connectivity index (χ3v) is 7.95. The molecule has 0 aliphatic carbocycles. The molecule has 216 valence electrons. The molecule has 12 heteroatoms. The van der Waals surface area contributed by atoms with Crippen LogP contribution in [0.5, 0.6) is 5.75 Å². The lowest BCUT2D eigenvalue weighted by atomic mass is 9.93. The maximum Gasteiger partial charge on any atom is 0.336 e. The first-order chi connectivity index (χ1) is 20.0. The normalized spacial score (nSPS) is 16.2. The van der Waals surface area contributed by atoms with E-state index in [2.05, 4.69) is 5.32 Å². The maximum absolute atomic E-state index is 15.0. The van der Waals surface area contributed by atoms with Gasteiger partial charge in [0, 0.05) is 10.6 Å². The van der Waals surface area contributed by atoms with Gasteiger partial charge in [0.2, 0.25) is 5.91 Å². The molecule has 0 saturated heterocycles. The molecule has 10 nitrogen and oxygen atoms in total. The van der Waals surface area contributed by atoms with Gasteiger partial charge < -0.3 is 20.1 Å². The molecule has 42 heavy (non-hydrogen) atoms. The van der Waals surface area contributed by atoms with E-state index in [-0.39, 0.29) is 34.7 Å². The number of ether oxygens (including phenoxy) is 1. The highest BCUT2D eigenvalue weighted by atomic mass is 127. The number of carbonyl (C=O) groups is 2. The lowest BCUT2D eigenvalue weighted by Crippen LogP contribution is -2.52. The van der Waals surface area contributed by atoms with Crippen LogP contribution in [0.15, 0.2) is 76.3 Å². The Kier molecular flexibility index (Phi) is 7.91. The zero-order valence-electron chi connectivity index (χ0n) is 22.8. The summed E-state index contributed by atoms with van der Waals surface area (Å²) in [4.78, 5) is 54.9. The molecule has 3 aromatic carbocycles. The van der Waals surface area contributed by atoms with Gasteiger partial charge in [-0.1, -0.05) is 18.2 Å². The maximum atomic E-state index is 15.0. The number of fused-ring (bicyclic) bond motifs is 1. The fourth-order valence-electron chi connectivity index (χ4n) is 5.12. The van der Waals surface area contributed by atoms with Crippen LogP contribution in [0.25, 0.3) is 5.69 Å². The number of aromatic nitrogens is 2. The summed E-state index contributed by atoms with van der Waals surface area (Å²) in [7, 11) is 3.02. The monoisotopic (exact) mass is 684 g/mol. The minimum absolute atomic E-state index is 0.0623. The van der Waals surface area contributed by atoms with Crippen LogP contribution in [-0.2, 0) is 11.3 Å². The predicted molar refractivity (Wildman–Crippen MR) is 162 cm³/mol. The largest absolute Gasteiger partial charge is 0.497 e. The number of carboxylic acids is 1. The Morgan fingerprint density at radius 1 is 1.07 bits per heavy atom. The number of hydrogen-bond donors (Lipinski definition) is 2. The van der Waals surface area contributed by atoms with Crippen molar-refractivity contribution in [2.45, 2.75) is 25.6 Å². The summed E-state index contributed by atoms with van der Waals surface area (Å²) < 4.78 is 23.1. The number of benzene rings is 3. The number of methoxy groups -OCH3 is 1. The van der Waals surface area contributed by atoms with Crippen molar-refractivity contribution in [2.75, 3.05) is 19.5 Å². The van der Waals surface area contributed by atoms with E-state index in [9.17, 15) is 28.7 Å². The Hall–Kier alpha value is -4.46. The molecule has 5 rings (SSSR count). The van der Waals surface area contributed by atoms with E-state index in [4.69, 9.17) is 4.74 Å². The van der Waals surface area contributed by atoms with E-state index < -0.39 is 41.0 Å². The Morgan fingerprint density at radius 2 is 1.79 bits per heavy atom. The van der Waals surface area contributed by atoms with Crippen molar-refractivity contribution in [2.24, 2.45) is 0 Å². The van der Waals surface area contributed by atoms with Gasteiger partial charge in [-0.25, -0.2) is 14.0 Å². The van der Waals surface area contributed by atoms with Crippen molar-refractivity contribution >= 4 is 40.2 Å². The number of carboxylic acid groups (broad SMARTS) is 1. The average molecular weight is 684 g/mol. The molecular formula is C30H26FIN4O6. The van der Waals surface area contributed by atoms with Crippen LogP contribution in [0.2, 0.25) is 0 Å². The van der Waals surface area contributed by atoms with Crippen LogP contribution in [-0.4, -0.2) is 45.2 Å². The fourth-order valence-corrected chi connectivity index (χ4v) is 5.57. The van der Waals surface area contributed by atoms with Crippen LogP contribution < -0.4 is 21.3 Å². The molecule has 1 aliphatic rings. The smallest absolute Gasteiger partial charge is 0.336 e. The van der Waals surface area contributed by atoms with E-state index >= 15 is 0 Å². The summed E-state index contributed by atoms with van der Waals surface area (Å²) in [6.45, 7) is 1.45. The first-order valence-electron chi connectivity index (χ1n) is 12.9. The second-order valence-electron chi connectivity index (χ2n) is 9.85. The molecule has 2 heterocycles. The van der Waals surface area contributed by atoms with Crippen LogP contribution >= 0.6 is 22.6 Å². The molecular weight excluding hydrogens is 658 g/mol. The molecule has 2 unspecified atom stereocenters. The van der Waals surface area contributed by atoms with Crippen LogP contribution in [0.1, 0.15) is 46.2 Å². The number of nitrogens with zero attached hydrogens (tertiary/aromatic N) is 3. The number of anilines is 1. The molecule has 0 radical (unpaired) electrons. The van der Waals surface area contributed by atoms with E-state index in [0.29, 0.717) is 14.9 Å². The number of hydrogen-bond acceptors (Lipinski definition) is 6. The van der Waals surface area contributed by atoms with Crippen molar-refractivity contribution in [3.63, 3.8) is 0 Å². The average Bonchev–Trinajstić information content (AvgIpc) is 2.97. The van der Waals surface area contributed by atoms with E-state index in [0.717, 1.165) is 4.57 Å². The molecule has 0 saturated carbocycles. The summed E-state index contributed by atoms with van der Waals surface area (Å²) in [5, 5.41) is 12.6. The molecule has 0 spiro atoms. The first kappa shape index (κ1) is 29.0. The molecule has 1 amide bonds. The number of rotatable bonds is 7. The second kappa shape index (κ2) is 11.4. The summed E-state index contributed by atoms with van der Waals surface area (Å²) in [5.74, 6) is -2.56. The SMILES string of the molecule is COc1ccc(Cn2c(=O)c3c(n(-c4cccc(C(=O)O)c4)c2=O)C(C)C(=O)N(C)C3Nc2ccc(I)cc2F)cc1. The number of carbonyl (C=O) groups excluding carboxylic acids is 1. The molecule has 0 fully saturated rings. The van der Waals surface area contributed by atoms with Crippen molar-refractivity contribution in [3.05, 3.63) is 119 Å². The first-order valence-corrected chi connectivity index (χ1v) is 13.9. The summed E-state index contributed by atoms with van der Waals surface area (Å²) in [6, 6.07) is 17.0. The Labute approximate surface area is 253 Å². The Bertz CT molecular complexity index is 1840. The minimum Gasteiger partial charge on any atom is -0.497 e.